The molecular formula is C13H17N3O3S. The van der Waals surface area contributed by atoms with Crippen LogP contribution in [0.3, 0.4) is 0 Å². The number of nitrogens with one attached hydrogen (secondary N) is 2. The smallest absolute Gasteiger partial charge is 0.271 e. The van der Waals surface area contributed by atoms with Crippen LogP contribution < -0.4 is 5.32 Å². The topological polar surface area (TPSA) is 91.1 Å². The van der Waals surface area contributed by atoms with E-state index in [4.69, 9.17) is 4.42 Å². The van der Waals surface area contributed by atoms with Crippen LogP contribution in [0.15, 0.2) is 28.9 Å². The number of aliphatic hydroxyl groups is 1. The normalized spacial score (nSPS) is 13.9. The van der Waals surface area contributed by atoms with Gasteiger partial charge in [0.25, 0.3) is 5.91 Å². The van der Waals surface area contributed by atoms with Crippen molar-refractivity contribution in [2.24, 2.45) is 0 Å². The molecule has 2 aromatic rings. The lowest BCUT2D eigenvalue weighted by Gasteiger charge is -2.22. The van der Waals surface area contributed by atoms with Gasteiger partial charge in [-0.1, -0.05) is 0 Å². The molecule has 0 saturated heterocycles. The minimum Gasteiger partial charge on any atom is -0.463 e. The van der Waals surface area contributed by atoms with Crippen LogP contribution in [0.1, 0.15) is 17.4 Å². The van der Waals surface area contributed by atoms with Crippen molar-refractivity contribution in [3.63, 3.8) is 0 Å². The summed E-state index contributed by atoms with van der Waals surface area (Å²) in [6, 6.07) is 5.14. The Labute approximate surface area is 120 Å². The van der Waals surface area contributed by atoms with Crippen molar-refractivity contribution in [1.29, 1.82) is 0 Å². The average Bonchev–Trinajstić information content (AvgIpc) is 3.06. The summed E-state index contributed by atoms with van der Waals surface area (Å²) in [7, 11) is 0. The summed E-state index contributed by atoms with van der Waals surface area (Å²) in [6.07, 6.45) is 3.45. The molecule has 1 amide bonds. The highest BCUT2D eigenvalue weighted by atomic mass is 32.2. The number of hydrogen-bond acceptors (Lipinski definition) is 5. The lowest BCUT2D eigenvalue weighted by molar-refractivity contribution is 0.0722. The number of carbonyl (C=O) groups excluding carboxylic acids is 1. The average molecular weight is 295 g/mol. The first-order valence-corrected chi connectivity index (χ1v) is 7.50. The summed E-state index contributed by atoms with van der Waals surface area (Å²) in [4.78, 5) is 11.9. The van der Waals surface area contributed by atoms with Gasteiger partial charge in [0.05, 0.1) is 11.9 Å². The first kappa shape index (κ1) is 14.7. The van der Waals surface area contributed by atoms with Crippen LogP contribution in [0.5, 0.6) is 0 Å². The van der Waals surface area contributed by atoms with E-state index in [1.807, 2.05) is 6.26 Å². The van der Waals surface area contributed by atoms with Crippen molar-refractivity contribution in [3.05, 3.63) is 30.2 Å². The van der Waals surface area contributed by atoms with Crippen molar-refractivity contribution >= 4 is 17.7 Å². The Hall–Kier alpha value is -1.73. The first-order valence-electron chi connectivity index (χ1n) is 6.11. The van der Waals surface area contributed by atoms with E-state index < -0.39 is 5.60 Å². The fourth-order valence-electron chi connectivity index (χ4n) is 1.72. The second-order valence-corrected chi connectivity index (χ2v) is 5.62. The van der Waals surface area contributed by atoms with Crippen LogP contribution in [0.4, 0.5) is 0 Å². The summed E-state index contributed by atoms with van der Waals surface area (Å²) in [5.41, 5.74) is -0.0396. The lowest BCUT2D eigenvalue weighted by Crippen LogP contribution is -2.42. The molecule has 0 fully saturated rings. The van der Waals surface area contributed by atoms with Crippen molar-refractivity contribution in [1.82, 2.24) is 15.5 Å². The molecule has 0 aromatic carbocycles. The number of hydrogen-bond donors (Lipinski definition) is 3. The van der Waals surface area contributed by atoms with Crippen LogP contribution in [-0.2, 0) is 0 Å². The monoisotopic (exact) mass is 295 g/mol. The first-order chi connectivity index (χ1) is 9.52. The Bertz CT molecular complexity index is 563. The molecule has 0 aliphatic rings. The van der Waals surface area contributed by atoms with Gasteiger partial charge in [0.15, 0.2) is 11.5 Å². The van der Waals surface area contributed by atoms with Crippen LogP contribution >= 0.6 is 11.8 Å². The molecule has 6 nitrogen and oxygen atoms in total. The van der Waals surface area contributed by atoms with Crippen molar-refractivity contribution < 1.29 is 14.3 Å². The molecule has 2 heterocycles. The molecule has 0 aliphatic heterocycles. The predicted octanol–water partition coefficient (Wildman–Crippen LogP) is 1.51. The van der Waals surface area contributed by atoms with Crippen LogP contribution in [0.2, 0.25) is 0 Å². The van der Waals surface area contributed by atoms with Crippen molar-refractivity contribution in [3.8, 4) is 11.5 Å². The molecule has 2 aromatic heterocycles. The zero-order valence-corrected chi connectivity index (χ0v) is 12.2. The minimum atomic E-state index is -0.935. The predicted molar refractivity (Wildman–Crippen MR) is 77.6 cm³/mol. The number of H-pyrrole nitrogens is 1. The van der Waals surface area contributed by atoms with E-state index in [2.05, 4.69) is 15.5 Å². The third-order valence-corrected chi connectivity index (χ3v) is 3.59. The molecule has 7 heteroatoms. The van der Waals surface area contributed by atoms with Gasteiger partial charge in [0.1, 0.15) is 5.69 Å². The Balaban J connectivity index is 1.97. The number of aromatic amines is 1. The molecule has 0 aliphatic carbocycles. The van der Waals surface area contributed by atoms with Gasteiger partial charge in [-0.05, 0) is 25.3 Å². The number of aromatic nitrogens is 2. The highest BCUT2D eigenvalue weighted by molar-refractivity contribution is 7.98. The third-order valence-electron chi connectivity index (χ3n) is 2.68. The molecule has 0 radical (unpaired) electrons. The number of rotatable bonds is 6. The van der Waals surface area contributed by atoms with Gasteiger partial charge in [-0.2, -0.15) is 16.9 Å². The maximum atomic E-state index is 11.9. The zero-order valence-electron chi connectivity index (χ0n) is 11.3. The lowest BCUT2D eigenvalue weighted by atomic mass is 10.1. The van der Waals surface area contributed by atoms with Gasteiger partial charge in [0, 0.05) is 18.4 Å². The maximum absolute atomic E-state index is 11.9. The number of carbonyl (C=O) groups is 1. The third kappa shape index (κ3) is 3.64. The summed E-state index contributed by atoms with van der Waals surface area (Å²) in [6.45, 7) is 1.86. The summed E-state index contributed by atoms with van der Waals surface area (Å²) in [5, 5.41) is 19.3. The summed E-state index contributed by atoms with van der Waals surface area (Å²) in [5.74, 6) is 0.831. The van der Waals surface area contributed by atoms with E-state index in [0.29, 0.717) is 17.2 Å². The van der Waals surface area contributed by atoms with Gasteiger partial charge >= 0.3 is 0 Å². The Kier molecular flexibility index (Phi) is 4.51. The molecule has 0 bridgehead atoms. The Morgan fingerprint density at radius 2 is 2.45 bits per heavy atom. The fraction of sp³-hybridized carbons (Fsp3) is 0.385. The molecule has 20 heavy (non-hydrogen) atoms. The molecule has 2 rings (SSSR count). The highest BCUT2D eigenvalue weighted by Crippen LogP contribution is 2.17. The number of nitrogens with zero attached hydrogens (tertiary/aromatic N) is 1. The second-order valence-electron chi connectivity index (χ2n) is 4.76. The van der Waals surface area contributed by atoms with Gasteiger partial charge in [-0.25, -0.2) is 0 Å². The van der Waals surface area contributed by atoms with Gasteiger partial charge in [-0.15, -0.1) is 0 Å². The summed E-state index contributed by atoms with van der Waals surface area (Å²) >= 11 is 1.52. The molecule has 3 N–H and O–H groups in total. The Morgan fingerprint density at radius 3 is 3.10 bits per heavy atom. The SMILES string of the molecule is CSCC(C)(O)CNC(=O)c1cc(-c2ccco2)[nH]n1. The van der Waals surface area contributed by atoms with Gasteiger partial charge < -0.3 is 14.8 Å². The maximum Gasteiger partial charge on any atom is 0.271 e. The molecule has 0 spiro atoms. The van der Waals surface area contributed by atoms with Crippen molar-refractivity contribution in [2.75, 3.05) is 18.6 Å². The fourth-order valence-corrected chi connectivity index (χ4v) is 2.44. The van der Waals surface area contributed by atoms with E-state index in [-0.39, 0.29) is 18.1 Å². The summed E-state index contributed by atoms with van der Waals surface area (Å²) < 4.78 is 5.21. The molecular weight excluding hydrogens is 278 g/mol. The number of amides is 1. The molecule has 1 atom stereocenters. The molecule has 0 saturated carbocycles. The Morgan fingerprint density at radius 1 is 1.65 bits per heavy atom. The van der Waals surface area contributed by atoms with Crippen LogP contribution in [0.25, 0.3) is 11.5 Å². The van der Waals surface area contributed by atoms with E-state index in [0.717, 1.165) is 0 Å². The van der Waals surface area contributed by atoms with E-state index in [9.17, 15) is 9.90 Å². The standard InChI is InChI=1S/C13H17N3O3S/c1-13(18,8-20-2)7-14-12(17)10-6-9(15-16-10)11-4-3-5-19-11/h3-6,18H,7-8H2,1-2H3,(H,14,17)(H,15,16). The number of furan rings is 1. The highest BCUT2D eigenvalue weighted by Gasteiger charge is 2.21. The molecule has 1 unspecified atom stereocenters. The van der Waals surface area contributed by atoms with Gasteiger partial charge in [-0.3, -0.25) is 9.89 Å². The largest absolute Gasteiger partial charge is 0.463 e. The quantitative estimate of drug-likeness (QED) is 0.751. The zero-order chi connectivity index (χ0) is 14.6. The van der Waals surface area contributed by atoms with E-state index in [1.165, 1.54) is 11.8 Å². The van der Waals surface area contributed by atoms with Crippen molar-refractivity contribution in [2.45, 2.75) is 12.5 Å². The minimum absolute atomic E-state index is 0.176. The van der Waals surface area contributed by atoms with E-state index >= 15 is 0 Å². The molecule has 108 valence electrons. The van der Waals surface area contributed by atoms with E-state index in [1.54, 1.807) is 31.4 Å². The number of thioether (sulfide) groups is 1. The van der Waals surface area contributed by atoms with Gasteiger partial charge in [0.2, 0.25) is 0 Å². The van der Waals surface area contributed by atoms with Crippen LogP contribution in [-0.4, -0.2) is 45.4 Å². The second kappa shape index (κ2) is 6.15. The van der Waals surface area contributed by atoms with Crippen LogP contribution in [0, 0.1) is 0 Å².